The summed E-state index contributed by atoms with van der Waals surface area (Å²) in [4.78, 5) is 0. The van der Waals surface area contributed by atoms with Crippen LogP contribution in [0.15, 0.2) is 18.2 Å². The molecule has 3 N–H and O–H groups in total. The van der Waals surface area contributed by atoms with Crippen molar-refractivity contribution in [2.75, 3.05) is 0 Å². The van der Waals surface area contributed by atoms with Gasteiger partial charge in [-0.25, -0.2) is 0 Å². The van der Waals surface area contributed by atoms with Crippen LogP contribution in [-0.4, -0.2) is 6.04 Å². The summed E-state index contributed by atoms with van der Waals surface area (Å²) >= 11 is 12.3. The second-order valence-electron chi connectivity index (χ2n) is 4.78. The molecule has 1 aromatic carbocycles. The van der Waals surface area contributed by atoms with Gasteiger partial charge in [-0.3, -0.25) is 11.3 Å². The molecule has 0 fully saturated rings. The Labute approximate surface area is 113 Å². The number of benzene rings is 1. The first kappa shape index (κ1) is 14.8. The molecule has 0 aliphatic heterocycles. The molecule has 4 heteroatoms. The van der Waals surface area contributed by atoms with Crippen LogP contribution in [0.5, 0.6) is 0 Å². The van der Waals surface area contributed by atoms with Gasteiger partial charge in [0.2, 0.25) is 0 Å². The van der Waals surface area contributed by atoms with E-state index in [0.29, 0.717) is 21.9 Å². The van der Waals surface area contributed by atoms with Gasteiger partial charge in [-0.2, -0.15) is 0 Å². The summed E-state index contributed by atoms with van der Waals surface area (Å²) in [5.74, 6) is 6.63. The Morgan fingerprint density at radius 3 is 2.12 bits per heavy atom. The lowest BCUT2D eigenvalue weighted by Gasteiger charge is -2.27. The maximum Gasteiger partial charge on any atom is 0.0453 e. The van der Waals surface area contributed by atoms with Crippen molar-refractivity contribution in [2.24, 2.45) is 17.7 Å². The Kier molecular flexibility index (Phi) is 5.74. The fourth-order valence-corrected chi connectivity index (χ4v) is 2.36. The lowest BCUT2D eigenvalue weighted by molar-refractivity contribution is 0.299. The number of halogens is 2. The lowest BCUT2D eigenvalue weighted by atomic mass is 9.87. The molecule has 0 aliphatic rings. The van der Waals surface area contributed by atoms with Gasteiger partial charge in [-0.15, -0.1) is 0 Å². The second kappa shape index (κ2) is 6.60. The maximum atomic E-state index is 6.16. The van der Waals surface area contributed by atoms with Crippen molar-refractivity contribution in [3.63, 3.8) is 0 Å². The molecule has 2 unspecified atom stereocenters. The standard InChI is InChI=1S/C13H20Cl2N2/c1-8(2)9(3)13(17-16)7-10-11(14)5-4-6-12(10)15/h4-6,8-9,13,17H,7,16H2,1-3H3. The number of hydrazine groups is 1. The molecule has 0 aromatic heterocycles. The summed E-state index contributed by atoms with van der Waals surface area (Å²) in [5.41, 5.74) is 3.83. The van der Waals surface area contributed by atoms with E-state index in [1.807, 2.05) is 18.2 Å². The van der Waals surface area contributed by atoms with E-state index in [0.717, 1.165) is 12.0 Å². The largest absolute Gasteiger partial charge is 0.271 e. The van der Waals surface area contributed by atoms with Crippen LogP contribution < -0.4 is 11.3 Å². The highest BCUT2D eigenvalue weighted by Gasteiger charge is 2.21. The Morgan fingerprint density at radius 1 is 1.18 bits per heavy atom. The molecule has 0 aliphatic carbocycles. The van der Waals surface area contributed by atoms with Crippen molar-refractivity contribution in [3.05, 3.63) is 33.8 Å². The Bertz CT molecular complexity index is 346. The van der Waals surface area contributed by atoms with Gasteiger partial charge in [-0.1, -0.05) is 50.0 Å². The highest BCUT2D eigenvalue weighted by atomic mass is 35.5. The van der Waals surface area contributed by atoms with Gasteiger partial charge >= 0.3 is 0 Å². The lowest BCUT2D eigenvalue weighted by Crippen LogP contribution is -2.43. The first-order chi connectivity index (χ1) is 7.97. The molecule has 2 nitrogen and oxygen atoms in total. The maximum absolute atomic E-state index is 6.16. The summed E-state index contributed by atoms with van der Waals surface area (Å²) in [6.07, 6.45) is 0.744. The van der Waals surface area contributed by atoms with Crippen LogP contribution in [0.2, 0.25) is 10.0 Å². The van der Waals surface area contributed by atoms with Gasteiger partial charge in [0.25, 0.3) is 0 Å². The van der Waals surface area contributed by atoms with Gasteiger partial charge in [0, 0.05) is 16.1 Å². The van der Waals surface area contributed by atoms with E-state index in [1.165, 1.54) is 0 Å². The number of hydrogen-bond donors (Lipinski definition) is 2. The molecule has 1 rings (SSSR count). The molecule has 0 saturated carbocycles. The fraction of sp³-hybridized carbons (Fsp3) is 0.538. The van der Waals surface area contributed by atoms with E-state index < -0.39 is 0 Å². The zero-order valence-corrected chi connectivity index (χ0v) is 12.0. The van der Waals surface area contributed by atoms with Crippen LogP contribution in [0.3, 0.4) is 0 Å². The summed E-state index contributed by atoms with van der Waals surface area (Å²) in [5, 5.41) is 1.41. The van der Waals surface area contributed by atoms with Gasteiger partial charge in [0.1, 0.15) is 0 Å². The topological polar surface area (TPSA) is 38.0 Å². The summed E-state index contributed by atoms with van der Waals surface area (Å²) < 4.78 is 0. The first-order valence-electron chi connectivity index (χ1n) is 5.86. The quantitative estimate of drug-likeness (QED) is 0.635. The van der Waals surface area contributed by atoms with Crippen molar-refractivity contribution in [2.45, 2.75) is 33.2 Å². The molecule has 0 saturated heterocycles. The van der Waals surface area contributed by atoms with Gasteiger partial charge in [0.15, 0.2) is 0 Å². The third-order valence-electron chi connectivity index (χ3n) is 3.39. The third kappa shape index (κ3) is 3.85. The minimum atomic E-state index is 0.174. The molecule has 96 valence electrons. The molecule has 0 bridgehead atoms. The summed E-state index contributed by atoms with van der Waals surface area (Å²) in [6.45, 7) is 6.55. The predicted molar refractivity (Wildman–Crippen MR) is 75.3 cm³/mol. The van der Waals surface area contributed by atoms with Crippen LogP contribution in [0.25, 0.3) is 0 Å². The van der Waals surface area contributed by atoms with E-state index in [2.05, 4.69) is 26.2 Å². The number of nitrogens with one attached hydrogen (secondary N) is 1. The molecular weight excluding hydrogens is 255 g/mol. The molecule has 0 amide bonds. The van der Waals surface area contributed by atoms with Crippen molar-refractivity contribution >= 4 is 23.2 Å². The summed E-state index contributed by atoms with van der Waals surface area (Å²) in [6, 6.07) is 5.74. The molecule has 1 aromatic rings. The molecule has 0 radical (unpaired) electrons. The minimum Gasteiger partial charge on any atom is -0.271 e. The number of hydrogen-bond acceptors (Lipinski definition) is 2. The van der Waals surface area contributed by atoms with Crippen molar-refractivity contribution < 1.29 is 0 Å². The zero-order valence-electron chi connectivity index (χ0n) is 10.5. The number of nitrogens with two attached hydrogens (primary N) is 1. The van der Waals surface area contributed by atoms with E-state index in [9.17, 15) is 0 Å². The van der Waals surface area contributed by atoms with Gasteiger partial charge in [0.05, 0.1) is 0 Å². The Balaban J connectivity index is 2.88. The summed E-state index contributed by atoms with van der Waals surface area (Å²) in [7, 11) is 0. The highest BCUT2D eigenvalue weighted by molar-refractivity contribution is 6.35. The Morgan fingerprint density at radius 2 is 1.71 bits per heavy atom. The molecular formula is C13H20Cl2N2. The van der Waals surface area contributed by atoms with Crippen LogP contribution in [-0.2, 0) is 6.42 Å². The average Bonchev–Trinajstić information content (AvgIpc) is 2.28. The monoisotopic (exact) mass is 274 g/mol. The van der Waals surface area contributed by atoms with Crippen LogP contribution >= 0.6 is 23.2 Å². The SMILES string of the molecule is CC(C)C(C)C(Cc1c(Cl)cccc1Cl)NN. The normalized spacial score (nSPS) is 15.0. The van der Waals surface area contributed by atoms with Crippen LogP contribution in [0.1, 0.15) is 26.3 Å². The van der Waals surface area contributed by atoms with Gasteiger partial charge in [-0.05, 0) is 36.0 Å². The van der Waals surface area contributed by atoms with Crippen LogP contribution in [0.4, 0.5) is 0 Å². The molecule has 0 heterocycles. The average molecular weight is 275 g/mol. The van der Waals surface area contributed by atoms with Gasteiger partial charge < -0.3 is 0 Å². The highest BCUT2D eigenvalue weighted by Crippen LogP contribution is 2.28. The van der Waals surface area contributed by atoms with Crippen molar-refractivity contribution in [1.29, 1.82) is 0 Å². The molecule has 0 spiro atoms. The van der Waals surface area contributed by atoms with E-state index in [-0.39, 0.29) is 6.04 Å². The first-order valence-corrected chi connectivity index (χ1v) is 6.62. The Hall–Kier alpha value is -0.280. The minimum absolute atomic E-state index is 0.174. The molecule has 17 heavy (non-hydrogen) atoms. The van der Waals surface area contributed by atoms with E-state index in [4.69, 9.17) is 29.0 Å². The molecule has 2 atom stereocenters. The zero-order chi connectivity index (χ0) is 13.0. The fourth-order valence-electron chi connectivity index (χ4n) is 1.81. The van der Waals surface area contributed by atoms with Crippen molar-refractivity contribution in [3.8, 4) is 0 Å². The van der Waals surface area contributed by atoms with E-state index >= 15 is 0 Å². The second-order valence-corrected chi connectivity index (χ2v) is 5.60. The van der Waals surface area contributed by atoms with Crippen LogP contribution in [0, 0.1) is 11.8 Å². The number of rotatable bonds is 5. The van der Waals surface area contributed by atoms with E-state index in [1.54, 1.807) is 0 Å². The smallest absolute Gasteiger partial charge is 0.0453 e. The third-order valence-corrected chi connectivity index (χ3v) is 4.09. The van der Waals surface area contributed by atoms with Crippen molar-refractivity contribution in [1.82, 2.24) is 5.43 Å². The predicted octanol–water partition coefficient (Wildman–Crippen LogP) is 3.66.